The Morgan fingerprint density at radius 2 is 2.00 bits per heavy atom. The molecule has 7 nitrogen and oxygen atoms in total. The first-order chi connectivity index (χ1) is 17.1. The van der Waals surface area contributed by atoms with Gasteiger partial charge in [0.25, 0.3) is 0 Å². The van der Waals surface area contributed by atoms with Crippen molar-refractivity contribution >= 4 is 27.3 Å². The van der Waals surface area contributed by atoms with E-state index in [0.717, 1.165) is 52.9 Å². The van der Waals surface area contributed by atoms with Crippen LogP contribution in [0.25, 0.3) is 16.2 Å². The van der Waals surface area contributed by atoms with E-state index >= 15 is 0 Å². The van der Waals surface area contributed by atoms with Crippen molar-refractivity contribution in [3.8, 4) is 17.0 Å². The fourth-order valence-corrected chi connectivity index (χ4v) is 5.25. The van der Waals surface area contributed by atoms with Gasteiger partial charge in [0.1, 0.15) is 11.6 Å². The van der Waals surface area contributed by atoms with Crippen molar-refractivity contribution in [1.29, 1.82) is 0 Å². The van der Waals surface area contributed by atoms with Crippen LogP contribution in [0.5, 0.6) is 5.75 Å². The normalized spacial score (nSPS) is 15.9. The second kappa shape index (κ2) is 10.4. The lowest BCUT2D eigenvalue weighted by Gasteiger charge is -2.31. The SMILES string of the molecule is CCOc1ccc(CCNC(=O)[C@@H]2CCCN(c3nn4cc(-c5ccc(F)cc5)nc4s3)C2)cc1. The molecule has 0 radical (unpaired) electrons. The van der Waals surface area contributed by atoms with E-state index in [9.17, 15) is 9.18 Å². The number of imidazole rings is 1. The van der Waals surface area contributed by atoms with Crippen LogP contribution >= 0.6 is 11.3 Å². The number of rotatable bonds is 8. The summed E-state index contributed by atoms with van der Waals surface area (Å²) < 4.78 is 20.4. The first-order valence-corrected chi connectivity index (χ1v) is 12.8. The molecule has 1 aliphatic heterocycles. The van der Waals surface area contributed by atoms with Crippen molar-refractivity contribution in [2.75, 3.05) is 31.1 Å². The highest BCUT2D eigenvalue weighted by atomic mass is 32.1. The van der Waals surface area contributed by atoms with E-state index < -0.39 is 0 Å². The number of halogens is 1. The second-order valence-electron chi connectivity index (χ2n) is 8.65. The van der Waals surface area contributed by atoms with E-state index in [4.69, 9.17) is 9.84 Å². The Bertz CT molecular complexity index is 1250. The van der Waals surface area contributed by atoms with E-state index in [0.29, 0.717) is 19.7 Å². The number of fused-ring (bicyclic) bond motifs is 1. The van der Waals surface area contributed by atoms with Crippen LogP contribution in [0.2, 0.25) is 0 Å². The summed E-state index contributed by atoms with van der Waals surface area (Å²) in [5.41, 5.74) is 2.79. The van der Waals surface area contributed by atoms with Crippen molar-refractivity contribution in [2.24, 2.45) is 5.92 Å². The first-order valence-electron chi connectivity index (χ1n) is 12.0. The Morgan fingerprint density at radius 3 is 2.74 bits per heavy atom. The molecule has 1 atom stereocenters. The summed E-state index contributed by atoms with van der Waals surface area (Å²) in [5, 5.41) is 8.67. The van der Waals surface area contributed by atoms with Gasteiger partial charge in [0, 0.05) is 25.2 Å². The van der Waals surface area contributed by atoms with Crippen LogP contribution in [-0.4, -0.2) is 46.7 Å². The smallest absolute Gasteiger partial charge is 0.224 e. The quantitative estimate of drug-likeness (QED) is 0.389. The fraction of sp³-hybridized carbons (Fsp3) is 0.346. The van der Waals surface area contributed by atoms with Crippen molar-refractivity contribution in [1.82, 2.24) is 19.9 Å². The summed E-state index contributed by atoms with van der Waals surface area (Å²) in [4.78, 5) is 20.4. The highest BCUT2D eigenvalue weighted by Crippen LogP contribution is 2.30. The van der Waals surface area contributed by atoms with Crippen LogP contribution in [0.4, 0.5) is 9.52 Å². The Labute approximate surface area is 207 Å². The Morgan fingerprint density at radius 1 is 1.20 bits per heavy atom. The fourth-order valence-electron chi connectivity index (χ4n) is 4.34. The minimum atomic E-state index is -0.268. The summed E-state index contributed by atoms with van der Waals surface area (Å²) in [6, 6.07) is 14.3. The Kier molecular flexibility index (Phi) is 6.94. The standard InChI is InChI=1S/C26H28FN5O2S/c1-2-34-22-11-5-18(6-12-22)13-14-28-24(33)20-4-3-15-31(16-20)26-30-32-17-23(29-25(32)35-26)19-7-9-21(27)10-8-19/h5-12,17,20H,2-4,13-16H2,1H3,(H,28,33)/t20-/m1/s1. The third kappa shape index (κ3) is 5.45. The predicted octanol–water partition coefficient (Wildman–Crippen LogP) is 4.57. The zero-order valence-corrected chi connectivity index (χ0v) is 20.4. The molecule has 35 heavy (non-hydrogen) atoms. The van der Waals surface area contributed by atoms with E-state index in [1.807, 2.05) is 37.4 Å². The minimum Gasteiger partial charge on any atom is -0.494 e. The molecule has 1 aliphatic rings. The largest absolute Gasteiger partial charge is 0.494 e. The molecule has 182 valence electrons. The molecular formula is C26H28FN5O2S. The molecule has 2 aromatic heterocycles. The van der Waals surface area contributed by atoms with Gasteiger partial charge in [0.2, 0.25) is 16.0 Å². The highest BCUT2D eigenvalue weighted by Gasteiger charge is 2.27. The van der Waals surface area contributed by atoms with Gasteiger partial charge in [-0.3, -0.25) is 4.79 Å². The molecule has 5 rings (SSSR count). The first kappa shape index (κ1) is 23.3. The number of aromatic nitrogens is 3. The van der Waals surface area contributed by atoms with Crippen molar-refractivity contribution in [3.05, 3.63) is 66.1 Å². The van der Waals surface area contributed by atoms with Gasteiger partial charge >= 0.3 is 0 Å². The highest BCUT2D eigenvalue weighted by molar-refractivity contribution is 7.20. The average molecular weight is 494 g/mol. The van der Waals surface area contributed by atoms with Crippen LogP contribution in [0, 0.1) is 11.7 Å². The molecule has 0 unspecified atom stereocenters. The number of hydrogen-bond acceptors (Lipinski definition) is 6. The van der Waals surface area contributed by atoms with Gasteiger partial charge in [-0.25, -0.2) is 13.9 Å². The number of nitrogens with zero attached hydrogens (tertiary/aromatic N) is 4. The van der Waals surface area contributed by atoms with Crippen LogP contribution in [-0.2, 0) is 11.2 Å². The van der Waals surface area contributed by atoms with Crippen LogP contribution < -0.4 is 15.0 Å². The molecule has 3 heterocycles. The Hall–Kier alpha value is -3.46. The zero-order valence-electron chi connectivity index (χ0n) is 19.6. The molecular weight excluding hydrogens is 465 g/mol. The summed E-state index contributed by atoms with van der Waals surface area (Å²) in [6.07, 6.45) is 4.47. The number of piperidine rings is 1. The number of ether oxygens (including phenoxy) is 1. The number of carbonyl (C=O) groups is 1. The lowest BCUT2D eigenvalue weighted by Crippen LogP contribution is -2.43. The lowest BCUT2D eigenvalue weighted by molar-refractivity contribution is -0.125. The van der Waals surface area contributed by atoms with Gasteiger partial charge in [-0.05, 0) is 68.1 Å². The summed E-state index contributed by atoms with van der Waals surface area (Å²) in [6.45, 7) is 4.75. The number of carbonyl (C=O) groups excluding carboxylic acids is 1. The summed E-state index contributed by atoms with van der Waals surface area (Å²) in [7, 11) is 0. The number of benzene rings is 2. The number of anilines is 1. The van der Waals surface area contributed by atoms with E-state index in [2.05, 4.69) is 15.2 Å². The molecule has 1 fully saturated rings. The van der Waals surface area contributed by atoms with Gasteiger partial charge in [-0.15, -0.1) is 5.10 Å². The van der Waals surface area contributed by atoms with Gasteiger partial charge in [0.15, 0.2) is 0 Å². The molecule has 2 aromatic carbocycles. The third-order valence-electron chi connectivity index (χ3n) is 6.18. The van der Waals surface area contributed by atoms with Gasteiger partial charge in [0.05, 0.1) is 24.4 Å². The maximum atomic E-state index is 13.2. The van der Waals surface area contributed by atoms with Crippen LogP contribution in [0.3, 0.4) is 0 Å². The summed E-state index contributed by atoms with van der Waals surface area (Å²) in [5.74, 6) is 0.634. The maximum absolute atomic E-state index is 13.2. The molecule has 1 amide bonds. The monoisotopic (exact) mass is 493 g/mol. The summed E-state index contributed by atoms with van der Waals surface area (Å²) >= 11 is 1.51. The van der Waals surface area contributed by atoms with E-state index in [1.165, 1.54) is 29.0 Å². The number of hydrogen-bond donors (Lipinski definition) is 1. The third-order valence-corrected chi connectivity index (χ3v) is 7.17. The van der Waals surface area contributed by atoms with Gasteiger partial charge in [-0.1, -0.05) is 23.5 Å². The van der Waals surface area contributed by atoms with Crippen LogP contribution in [0.15, 0.2) is 54.7 Å². The second-order valence-corrected chi connectivity index (χ2v) is 9.58. The molecule has 0 bridgehead atoms. The van der Waals surface area contributed by atoms with Crippen LogP contribution in [0.1, 0.15) is 25.3 Å². The predicted molar refractivity (Wildman–Crippen MR) is 136 cm³/mol. The molecule has 9 heteroatoms. The Balaban J connectivity index is 1.16. The molecule has 4 aromatic rings. The topological polar surface area (TPSA) is 71.8 Å². The van der Waals surface area contributed by atoms with E-state index in [-0.39, 0.29) is 17.6 Å². The van der Waals surface area contributed by atoms with Gasteiger partial charge in [-0.2, -0.15) is 0 Å². The zero-order chi connectivity index (χ0) is 24.2. The molecule has 0 spiro atoms. The lowest BCUT2D eigenvalue weighted by atomic mass is 9.97. The van der Waals surface area contributed by atoms with Crippen molar-refractivity contribution < 1.29 is 13.9 Å². The molecule has 1 N–H and O–H groups in total. The maximum Gasteiger partial charge on any atom is 0.224 e. The number of amides is 1. The minimum absolute atomic E-state index is 0.0601. The molecule has 0 saturated carbocycles. The van der Waals surface area contributed by atoms with Crippen molar-refractivity contribution in [2.45, 2.75) is 26.2 Å². The molecule has 1 saturated heterocycles. The van der Waals surface area contributed by atoms with Crippen molar-refractivity contribution in [3.63, 3.8) is 0 Å². The molecule has 0 aliphatic carbocycles. The van der Waals surface area contributed by atoms with Gasteiger partial charge < -0.3 is 15.0 Å². The average Bonchev–Trinajstić information content (AvgIpc) is 3.46. The number of nitrogens with one attached hydrogen (secondary N) is 1. The van der Waals surface area contributed by atoms with E-state index in [1.54, 1.807) is 16.6 Å².